The number of hydrogen-bond donors (Lipinski definition) is 2. The van der Waals surface area contributed by atoms with Crippen molar-refractivity contribution in [3.05, 3.63) is 101 Å². The number of hydrogen-bond acceptors (Lipinski definition) is 7. The molecule has 0 aliphatic carbocycles. The quantitative estimate of drug-likeness (QED) is 0.163. The van der Waals surface area contributed by atoms with Crippen LogP contribution in [0.2, 0.25) is 0 Å². The van der Waals surface area contributed by atoms with Crippen LogP contribution in [0.3, 0.4) is 0 Å². The lowest BCUT2D eigenvalue weighted by Crippen LogP contribution is -2.34. The van der Waals surface area contributed by atoms with E-state index in [1.165, 1.54) is 0 Å². The van der Waals surface area contributed by atoms with Gasteiger partial charge in [-0.15, -0.1) is 10.2 Å². The summed E-state index contributed by atoms with van der Waals surface area (Å²) in [6, 6.07) is 23.5. The van der Waals surface area contributed by atoms with Crippen molar-refractivity contribution in [3.63, 3.8) is 0 Å². The topological polar surface area (TPSA) is 98.5 Å². The molecule has 0 spiro atoms. The molecule has 1 saturated heterocycles. The summed E-state index contributed by atoms with van der Waals surface area (Å²) in [5, 5.41) is 21.1. The molecule has 2 N–H and O–H groups in total. The van der Waals surface area contributed by atoms with Crippen LogP contribution in [0.15, 0.2) is 84.3 Å². The molecule has 220 valence electrons. The minimum atomic E-state index is -2.03. The second kappa shape index (κ2) is 13.8. The molecule has 3 atom stereocenters. The van der Waals surface area contributed by atoms with Crippen LogP contribution < -0.4 is 5.32 Å². The summed E-state index contributed by atoms with van der Waals surface area (Å²) in [6.07, 6.45) is 1.47. The van der Waals surface area contributed by atoms with E-state index in [-0.39, 0.29) is 25.4 Å². The highest BCUT2D eigenvalue weighted by molar-refractivity contribution is 7.99. The summed E-state index contributed by atoms with van der Waals surface area (Å²) < 4.78 is 12.8. The Kier molecular flexibility index (Phi) is 10.1. The summed E-state index contributed by atoms with van der Waals surface area (Å²) in [7, 11) is 1.91. The van der Waals surface area contributed by atoms with E-state index in [0.29, 0.717) is 12.2 Å². The van der Waals surface area contributed by atoms with Crippen molar-refractivity contribution in [2.24, 2.45) is 7.05 Å². The second-order valence-electron chi connectivity index (χ2n) is 9.85. The van der Waals surface area contributed by atoms with Gasteiger partial charge >= 0.3 is 0 Å². The number of benzene rings is 3. The van der Waals surface area contributed by atoms with E-state index in [0.717, 1.165) is 38.5 Å². The Hall–Kier alpha value is -2.63. The maximum absolute atomic E-state index is 12.1. The molecule has 1 aliphatic heterocycles. The third-order valence-electron chi connectivity index (χ3n) is 6.89. The number of aromatic nitrogens is 3. The van der Waals surface area contributed by atoms with Crippen LogP contribution in [0.25, 0.3) is 11.1 Å². The number of rotatable bonds is 9. The highest BCUT2D eigenvalue weighted by atomic mass is 35.6. The van der Waals surface area contributed by atoms with Gasteiger partial charge in [0.25, 0.3) is 9.70 Å². The minimum absolute atomic E-state index is 0.0107. The molecular weight excluding hydrogens is 619 g/mol. The van der Waals surface area contributed by atoms with Gasteiger partial charge < -0.3 is 24.5 Å². The van der Waals surface area contributed by atoms with Gasteiger partial charge in [-0.05, 0) is 27.8 Å². The zero-order valence-electron chi connectivity index (χ0n) is 22.6. The Morgan fingerprint density at radius 2 is 1.76 bits per heavy atom. The van der Waals surface area contributed by atoms with E-state index >= 15 is 0 Å². The average molecular weight is 648 g/mol. The van der Waals surface area contributed by atoms with Crippen LogP contribution in [-0.4, -0.2) is 41.4 Å². The van der Waals surface area contributed by atoms with Gasteiger partial charge in [0.2, 0.25) is 0 Å². The van der Waals surface area contributed by atoms with Crippen LogP contribution in [-0.2, 0) is 34.5 Å². The first-order chi connectivity index (χ1) is 20.2. The molecule has 4 aromatic rings. The molecule has 3 aromatic carbocycles. The Morgan fingerprint density at radius 1 is 1.05 bits per heavy atom. The first-order valence-electron chi connectivity index (χ1n) is 13.2. The molecule has 1 aromatic heterocycles. The van der Waals surface area contributed by atoms with Crippen LogP contribution in [0.5, 0.6) is 0 Å². The summed E-state index contributed by atoms with van der Waals surface area (Å²) >= 11 is 18.7. The molecule has 0 radical (unpaired) electrons. The van der Waals surface area contributed by atoms with Crippen molar-refractivity contribution in [3.8, 4) is 11.1 Å². The lowest BCUT2D eigenvalue weighted by atomic mass is 9.98. The maximum Gasteiger partial charge on any atom is 0.272 e. The molecule has 5 rings (SSSR count). The summed E-state index contributed by atoms with van der Waals surface area (Å²) in [4.78, 5) is 12.1. The van der Waals surface area contributed by atoms with Crippen molar-refractivity contribution < 1.29 is 19.4 Å². The summed E-state index contributed by atoms with van der Waals surface area (Å²) in [5.74, 6) is -0.0000970. The molecule has 2 heterocycles. The number of halogens is 3. The number of carbonyl (C=O) groups excluding carboxylic acids is 1. The van der Waals surface area contributed by atoms with Gasteiger partial charge in [0.1, 0.15) is 6.33 Å². The molecule has 12 heteroatoms. The minimum Gasteiger partial charge on any atom is -0.392 e. The number of alkyl halides is 3. The number of carbonyl (C=O) groups is 1. The highest BCUT2D eigenvalue weighted by Crippen LogP contribution is 2.40. The van der Waals surface area contributed by atoms with Crippen LogP contribution in [0.4, 0.5) is 0 Å². The standard InChI is InChI=1S/C30H29Cl3N4O4S/c1-37-18-35-36-29(37)42-17-24-14-26(21-8-6-19(16-38)7-9-21)41-27(40-24)22-12-10-20(11-13-22)25-5-3-2-4-23(25)15-34-28(39)30(31,32)33/h2-13,18,24,26-27,38H,14-17H2,1H3,(H,34,39). The van der Waals surface area contributed by atoms with Crippen molar-refractivity contribution in [1.29, 1.82) is 0 Å². The number of thioether (sulfide) groups is 1. The smallest absolute Gasteiger partial charge is 0.272 e. The maximum atomic E-state index is 12.1. The molecule has 1 aliphatic rings. The first-order valence-corrected chi connectivity index (χ1v) is 15.3. The molecule has 0 saturated carbocycles. The Labute approximate surface area is 263 Å². The van der Waals surface area contributed by atoms with Gasteiger partial charge in [-0.1, -0.05) is 119 Å². The summed E-state index contributed by atoms with van der Waals surface area (Å²) in [6.45, 7) is 0.199. The SMILES string of the molecule is Cn1cnnc1SCC1CC(c2ccc(CO)cc2)OC(c2ccc(-c3ccccc3CNC(=O)C(Cl)(Cl)Cl)cc2)O1. The van der Waals surface area contributed by atoms with Crippen molar-refractivity contribution in [2.45, 2.75) is 47.0 Å². The fraction of sp³-hybridized carbons (Fsp3) is 0.300. The lowest BCUT2D eigenvalue weighted by Gasteiger charge is -2.36. The normalized spacial score (nSPS) is 19.0. The monoisotopic (exact) mass is 646 g/mol. The molecular formula is C30H29Cl3N4O4S. The number of aliphatic hydroxyl groups excluding tert-OH is 1. The van der Waals surface area contributed by atoms with Gasteiger partial charge in [0.05, 0.1) is 18.8 Å². The third kappa shape index (κ3) is 7.65. The zero-order chi connectivity index (χ0) is 29.7. The van der Waals surface area contributed by atoms with Crippen molar-refractivity contribution in [1.82, 2.24) is 20.1 Å². The summed E-state index contributed by atoms with van der Waals surface area (Å²) in [5.41, 5.74) is 5.53. The number of nitrogens with one attached hydrogen (secondary N) is 1. The molecule has 8 nitrogen and oxygen atoms in total. The lowest BCUT2D eigenvalue weighted by molar-refractivity contribution is -0.245. The number of nitrogens with zero attached hydrogens (tertiary/aromatic N) is 3. The van der Waals surface area contributed by atoms with Crippen molar-refractivity contribution in [2.75, 3.05) is 5.75 Å². The van der Waals surface area contributed by atoms with Gasteiger partial charge in [0.15, 0.2) is 11.4 Å². The fourth-order valence-corrected chi connectivity index (χ4v) is 5.75. The number of ether oxygens (including phenoxy) is 2. The number of aliphatic hydroxyl groups is 1. The van der Waals surface area contributed by atoms with E-state index < -0.39 is 16.0 Å². The fourth-order valence-electron chi connectivity index (χ4n) is 4.65. The van der Waals surface area contributed by atoms with E-state index in [9.17, 15) is 9.90 Å². The van der Waals surface area contributed by atoms with Crippen molar-refractivity contribution >= 4 is 52.5 Å². The molecule has 0 bridgehead atoms. The Morgan fingerprint density at radius 3 is 2.43 bits per heavy atom. The van der Waals surface area contributed by atoms with E-state index in [1.807, 2.05) is 84.4 Å². The molecule has 3 unspecified atom stereocenters. The zero-order valence-corrected chi connectivity index (χ0v) is 25.7. The molecule has 42 heavy (non-hydrogen) atoms. The van der Waals surface area contributed by atoms with Gasteiger partial charge in [-0.3, -0.25) is 4.79 Å². The van der Waals surface area contributed by atoms with Crippen LogP contribution >= 0.6 is 46.6 Å². The molecule has 1 fully saturated rings. The number of aryl methyl sites for hydroxylation is 1. The Bertz CT molecular complexity index is 1500. The number of amides is 1. The van der Waals surface area contributed by atoms with Gasteiger partial charge in [0, 0.05) is 31.3 Å². The molecule has 1 amide bonds. The third-order valence-corrected chi connectivity index (χ3v) is 8.57. The van der Waals surface area contributed by atoms with E-state index in [1.54, 1.807) is 18.1 Å². The van der Waals surface area contributed by atoms with Crippen LogP contribution in [0, 0.1) is 0 Å². The second-order valence-corrected chi connectivity index (χ2v) is 13.1. The van der Waals surface area contributed by atoms with Crippen LogP contribution in [0.1, 0.15) is 41.1 Å². The van der Waals surface area contributed by atoms with E-state index in [4.69, 9.17) is 44.3 Å². The highest BCUT2D eigenvalue weighted by Gasteiger charge is 2.33. The Balaban J connectivity index is 1.34. The first kappa shape index (κ1) is 30.8. The predicted octanol–water partition coefficient (Wildman–Crippen LogP) is 6.30. The average Bonchev–Trinajstić information content (AvgIpc) is 3.42. The van der Waals surface area contributed by atoms with E-state index in [2.05, 4.69) is 15.5 Å². The largest absolute Gasteiger partial charge is 0.392 e. The van der Waals surface area contributed by atoms with Gasteiger partial charge in [-0.2, -0.15) is 0 Å². The predicted molar refractivity (Wildman–Crippen MR) is 164 cm³/mol. The van der Waals surface area contributed by atoms with Gasteiger partial charge in [-0.25, -0.2) is 0 Å².